The standard InChI is InChI=1S/C13H17BrO/c1-10-3-4-12(7-11(10)2)15-9-13(8-14)5-6-13/h3-4,7H,5-6,8-9H2,1-2H3. The fourth-order valence-electron chi connectivity index (χ4n) is 1.53. The average Bonchev–Trinajstić information content (AvgIpc) is 3.01. The van der Waals surface area contributed by atoms with E-state index in [4.69, 9.17) is 4.74 Å². The van der Waals surface area contributed by atoms with Gasteiger partial charge in [-0.1, -0.05) is 22.0 Å². The van der Waals surface area contributed by atoms with Crippen molar-refractivity contribution < 1.29 is 4.74 Å². The van der Waals surface area contributed by atoms with Gasteiger partial charge in [0, 0.05) is 10.7 Å². The van der Waals surface area contributed by atoms with Crippen molar-refractivity contribution in [1.82, 2.24) is 0 Å². The number of alkyl halides is 1. The molecule has 1 aliphatic carbocycles. The van der Waals surface area contributed by atoms with Gasteiger partial charge in [-0.25, -0.2) is 0 Å². The van der Waals surface area contributed by atoms with Crippen molar-refractivity contribution in [2.75, 3.05) is 11.9 Å². The summed E-state index contributed by atoms with van der Waals surface area (Å²) in [5, 5.41) is 1.06. The molecule has 0 aromatic heterocycles. The molecule has 0 heterocycles. The highest BCUT2D eigenvalue weighted by Crippen LogP contribution is 2.47. The van der Waals surface area contributed by atoms with Crippen LogP contribution in [0.15, 0.2) is 18.2 Å². The van der Waals surface area contributed by atoms with E-state index in [9.17, 15) is 0 Å². The third-order valence-corrected chi connectivity index (χ3v) is 4.45. The highest BCUT2D eigenvalue weighted by molar-refractivity contribution is 9.09. The Morgan fingerprint density at radius 3 is 2.53 bits per heavy atom. The van der Waals surface area contributed by atoms with Gasteiger partial charge < -0.3 is 4.74 Å². The molecule has 0 unspecified atom stereocenters. The normalized spacial score (nSPS) is 17.5. The fraction of sp³-hybridized carbons (Fsp3) is 0.538. The van der Waals surface area contributed by atoms with Crippen LogP contribution in [-0.4, -0.2) is 11.9 Å². The molecular formula is C13H17BrO. The third kappa shape index (κ3) is 2.54. The zero-order valence-electron chi connectivity index (χ0n) is 9.35. The quantitative estimate of drug-likeness (QED) is 0.754. The monoisotopic (exact) mass is 268 g/mol. The fourth-order valence-corrected chi connectivity index (χ4v) is 2.26. The van der Waals surface area contributed by atoms with Gasteiger partial charge >= 0.3 is 0 Å². The van der Waals surface area contributed by atoms with E-state index < -0.39 is 0 Å². The van der Waals surface area contributed by atoms with Crippen LogP contribution in [0, 0.1) is 19.3 Å². The van der Waals surface area contributed by atoms with E-state index >= 15 is 0 Å². The largest absolute Gasteiger partial charge is 0.493 e. The molecule has 2 rings (SSSR count). The summed E-state index contributed by atoms with van der Waals surface area (Å²) in [5.41, 5.74) is 3.05. The second-order valence-corrected chi connectivity index (χ2v) is 5.23. The minimum atomic E-state index is 0.429. The smallest absolute Gasteiger partial charge is 0.119 e. The van der Waals surface area contributed by atoms with Crippen LogP contribution >= 0.6 is 15.9 Å². The van der Waals surface area contributed by atoms with Gasteiger partial charge in [0.15, 0.2) is 0 Å². The molecule has 0 aliphatic heterocycles. The predicted molar refractivity (Wildman–Crippen MR) is 66.9 cm³/mol. The van der Waals surface area contributed by atoms with E-state index in [1.165, 1.54) is 24.0 Å². The number of benzene rings is 1. The van der Waals surface area contributed by atoms with Crippen molar-refractivity contribution in [1.29, 1.82) is 0 Å². The average molecular weight is 269 g/mol. The van der Waals surface area contributed by atoms with Crippen LogP contribution in [0.1, 0.15) is 24.0 Å². The summed E-state index contributed by atoms with van der Waals surface area (Å²) in [6.07, 6.45) is 2.59. The summed E-state index contributed by atoms with van der Waals surface area (Å²) in [6.45, 7) is 5.10. The van der Waals surface area contributed by atoms with Crippen LogP contribution in [0.3, 0.4) is 0 Å². The van der Waals surface area contributed by atoms with Crippen molar-refractivity contribution in [2.45, 2.75) is 26.7 Å². The van der Waals surface area contributed by atoms with E-state index in [0.717, 1.165) is 17.7 Å². The second kappa shape index (κ2) is 4.17. The van der Waals surface area contributed by atoms with E-state index in [2.05, 4.69) is 48.0 Å². The number of hydrogen-bond acceptors (Lipinski definition) is 1. The Kier molecular flexibility index (Phi) is 3.06. The molecule has 15 heavy (non-hydrogen) atoms. The number of ether oxygens (including phenoxy) is 1. The van der Waals surface area contributed by atoms with Crippen LogP contribution in [0.5, 0.6) is 5.75 Å². The first-order chi connectivity index (χ1) is 7.15. The zero-order chi connectivity index (χ0) is 10.9. The Labute approximate surface area is 100.0 Å². The lowest BCUT2D eigenvalue weighted by Gasteiger charge is -2.14. The van der Waals surface area contributed by atoms with Gasteiger partial charge in [0.2, 0.25) is 0 Å². The lowest BCUT2D eigenvalue weighted by molar-refractivity contribution is 0.251. The van der Waals surface area contributed by atoms with Crippen LogP contribution in [0.25, 0.3) is 0 Å². The van der Waals surface area contributed by atoms with Gasteiger partial charge in [-0.15, -0.1) is 0 Å². The Bertz CT molecular complexity index is 356. The molecule has 0 amide bonds. The van der Waals surface area contributed by atoms with Crippen molar-refractivity contribution in [3.63, 3.8) is 0 Å². The van der Waals surface area contributed by atoms with Crippen molar-refractivity contribution in [2.24, 2.45) is 5.41 Å². The molecular weight excluding hydrogens is 252 g/mol. The van der Waals surface area contributed by atoms with Gasteiger partial charge in [0.1, 0.15) is 5.75 Å². The highest BCUT2D eigenvalue weighted by Gasteiger charge is 2.42. The minimum absolute atomic E-state index is 0.429. The lowest BCUT2D eigenvalue weighted by atomic mass is 10.1. The molecule has 0 N–H and O–H groups in total. The van der Waals surface area contributed by atoms with E-state index in [1.807, 2.05) is 0 Å². The SMILES string of the molecule is Cc1ccc(OCC2(CBr)CC2)cc1C. The maximum Gasteiger partial charge on any atom is 0.119 e. The first kappa shape index (κ1) is 11.0. The Hall–Kier alpha value is -0.500. The summed E-state index contributed by atoms with van der Waals surface area (Å²) >= 11 is 3.55. The molecule has 2 heteroatoms. The first-order valence-corrected chi connectivity index (χ1v) is 6.53. The molecule has 1 aliphatic rings. The molecule has 1 nitrogen and oxygen atoms in total. The molecule has 1 aromatic rings. The molecule has 1 saturated carbocycles. The molecule has 82 valence electrons. The summed E-state index contributed by atoms with van der Waals surface area (Å²) in [7, 11) is 0. The van der Waals surface area contributed by atoms with Crippen LogP contribution < -0.4 is 4.74 Å². The maximum atomic E-state index is 5.83. The van der Waals surface area contributed by atoms with Gasteiger partial charge in [0.25, 0.3) is 0 Å². The zero-order valence-corrected chi connectivity index (χ0v) is 10.9. The summed E-state index contributed by atoms with van der Waals surface area (Å²) in [5.74, 6) is 1.00. The molecule has 0 bridgehead atoms. The Morgan fingerprint density at radius 2 is 2.00 bits per heavy atom. The summed E-state index contributed by atoms with van der Waals surface area (Å²) in [4.78, 5) is 0. The van der Waals surface area contributed by atoms with E-state index in [0.29, 0.717) is 5.41 Å². The Balaban J connectivity index is 1.96. The molecule has 0 atom stereocenters. The van der Waals surface area contributed by atoms with Gasteiger partial charge in [-0.05, 0) is 49.9 Å². The second-order valence-electron chi connectivity index (χ2n) is 4.67. The first-order valence-electron chi connectivity index (χ1n) is 5.41. The van der Waals surface area contributed by atoms with Crippen LogP contribution in [0.4, 0.5) is 0 Å². The molecule has 0 radical (unpaired) electrons. The number of hydrogen-bond donors (Lipinski definition) is 0. The van der Waals surface area contributed by atoms with Crippen molar-refractivity contribution >= 4 is 15.9 Å². The highest BCUT2D eigenvalue weighted by atomic mass is 79.9. The molecule has 1 fully saturated rings. The third-order valence-electron chi connectivity index (χ3n) is 3.26. The molecule has 0 spiro atoms. The lowest BCUT2D eigenvalue weighted by Crippen LogP contribution is -2.14. The maximum absolute atomic E-state index is 5.83. The van der Waals surface area contributed by atoms with E-state index in [1.54, 1.807) is 0 Å². The topological polar surface area (TPSA) is 9.23 Å². The molecule has 1 aromatic carbocycles. The summed E-state index contributed by atoms with van der Waals surface area (Å²) < 4.78 is 5.83. The predicted octanol–water partition coefficient (Wildman–Crippen LogP) is 3.86. The van der Waals surface area contributed by atoms with E-state index in [-0.39, 0.29) is 0 Å². The van der Waals surface area contributed by atoms with Gasteiger partial charge in [-0.3, -0.25) is 0 Å². The Morgan fingerprint density at radius 1 is 1.27 bits per heavy atom. The van der Waals surface area contributed by atoms with Gasteiger partial charge in [-0.2, -0.15) is 0 Å². The van der Waals surface area contributed by atoms with Crippen molar-refractivity contribution in [3.8, 4) is 5.75 Å². The van der Waals surface area contributed by atoms with Crippen molar-refractivity contribution in [3.05, 3.63) is 29.3 Å². The number of aryl methyl sites for hydroxylation is 2. The van der Waals surface area contributed by atoms with Crippen LogP contribution in [0.2, 0.25) is 0 Å². The van der Waals surface area contributed by atoms with Gasteiger partial charge in [0.05, 0.1) is 6.61 Å². The molecule has 0 saturated heterocycles. The van der Waals surface area contributed by atoms with Crippen LogP contribution in [-0.2, 0) is 0 Å². The summed E-state index contributed by atoms with van der Waals surface area (Å²) in [6, 6.07) is 6.31. The number of halogens is 1. The minimum Gasteiger partial charge on any atom is -0.493 e. The number of rotatable bonds is 4.